The molecule has 142 valence electrons. The molecule has 0 aliphatic carbocycles. The minimum atomic E-state index is -0.557. The van der Waals surface area contributed by atoms with E-state index in [-0.39, 0.29) is 5.91 Å². The lowest BCUT2D eigenvalue weighted by molar-refractivity contribution is -0.118. The molecule has 0 bridgehead atoms. The van der Waals surface area contributed by atoms with Crippen LogP contribution in [-0.4, -0.2) is 20.9 Å². The third-order valence-electron chi connectivity index (χ3n) is 4.95. The van der Waals surface area contributed by atoms with Gasteiger partial charge in [-0.25, -0.2) is 9.78 Å². The van der Waals surface area contributed by atoms with Crippen molar-refractivity contribution in [2.45, 2.75) is 25.8 Å². The lowest BCUT2D eigenvalue weighted by Crippen LogP contribution is -2.42. The number of aromatic amines is 2. The summed E-state index contributed by atoms with van der Waals surface area (Å²) in [6.45, 7) is 4.02. The fourth-order valence-electron chi connectivity index (χ4n) is 3.15. The lowest BCUT2D eigenvalue weighted by atomic mass is 9.94. The molecule has 4 rings (SSSR count). The minimum absolute atomic E-state index is 0.223. The van der Waals surface area contributed by atoms with Gasteiger partial charge in [0, 0.05) is 23.5 Å². The van der Waals surface area contributed by atoms with Crippen LogP contribution in [-0.2, 0) is 10.3 Å². The summed E-state index contributed by atoms with van der Waals surface area (Å²) in [5.41, 5.74) is 2.85. The highest BCUT2D eigenvalue weighted by atomic mass is 16.4. The van der Waals surface area contributed by atoms with Gasteiger partial charge in [-0.05, 0) is 48.6 Å². The highest BCUT2D eigenvalue weighted by molar-refractivity contribution is 5.92. The van der Waals surface area contributed by atoms with E-state index in [0.717, 1.165) is 23.0 Å². The molecule has 0 aliphatic heterocycles. The van der Waals surface area contributed by atoms with Gasteiger partial charge in [-0.15, -0.1) is 0 Å². The minimum Gasteiger partial charge on any atom is -0.406 e. The van der Waals surface area contributed by atoms with Gasteiger partial charge < -0.3 is 14.7 Å². The number of hydrogen-bond acceptors (Lipinski definition) is 4. The zero-order valence-corrected chi connectivity index (χ0v) is 15.6. The van der Waals surface area contributed by atoms with Crippen LogP contribution in [0, 0.1) is 0 Å². The van der Waals surface area contributed by atoms with Gasteiger partial charge in [-0.1, -0.05) is 25.1 Å². The van der Waals surface area contributed by atoms with E-state index in [0.29, 0.717) is 16.8 Å². The van der Waals surface area contributed by atoms with E-state index in [1.807, 2.05) is 38.1 Å². The van der Waals surface area contributed by atoms with Gasteiger partial charge in [0.2, 0.25) is 5.91 Å². The largest absolute Gasteiger partial charge is 0.418 e. The lowest BCUT2D eigenvalue weighted by Gasteiger charge is -2.28. The van der Waals surface area contributed by atoms with Crippen molar-refractivity contribution >= 4 is 34.1 Å². The first kappa shape index (κ1) is 17.8. The smallest absolute Gasteiger partial charge is 0.406 e. The van der Waals surface area contributed by atoms with Crippen molar-refractivity contribution in [3.8, 4) is 0 Å². The molecule has 0 aliphatic rings. The normalized spacial score (nSPS) is 13.9. The average Bonchev–Trinajstić information content (AvgIpc) is 3.28. The van der Waals surface area contributed by atoms with Gasteiger partial charge in [0.05, 0.1) is 5.54 Å². The molecule has 7 nitrogen and oxygen atoms in total. The molecular weight excluding hydrogens is 356 g/mol. The molecule has 3 aromatic heterocycles. The number of nitrogens with zero attached hydrogens (tertiary/aromatic N) is 1. The predicted molar refractivity (Wildman–Crippen MR) is 108 cm³/mol. The van der Waals surface area contributed by atoms with E-state index in [2.05, 4.69) is 26.3 Å². The van der Waals surface area contributed by atoms with Gasteiger partial charge in [0.25, 0.3) is 0 Å². The van der Waals surface area contributed by atoms with E-state index in [4.69, 9.17) is 4.42 Å². The van der Waals surface area contributed by atoms with Gasteiger partial charge in [-0.2, -0.15) is 0 Å². The summed E-state index contributed by atoms with van der Waals surface area (Å²) in [6.07, 6.45) is 5.37. The van der Waals surface area contributed by atoms with Gasteiger partial charge in [0.1, 0.15) is 0 Å². The Morgan fingerprint density at radius 2 is 2.11 bits per heavy atom. The summed E-state index contributed by atoms with van der Waals surface area (Å²) >= 11 is 0. The Kier molecular flexibility index (Phi) is 4.35. The second-order valence-corrected chi connectivity index (χ2v) is 6.91. The van der Waals surface area contributed by atoms with Crippen LogP contribution in [0.5, 0.6) is 0 Å². The molecule has 3 heterocycles. The van der Waals surface area contributed by atoms with Crippen molar-refractivity contribution in [2.24, 2.45) is 0 Å². The van der Waals surface area contributed by atoms with Crippen LogP contribution in [0.1, 0.15) is 31.5 Å². The fourth-order valence-corrected chi connectivity index (χ4v) is 3.15. The predicted octanol–water partition coefficient (Wildman–Crippen LogP) is 3.45. The number of para-hydroxylation sites is 1. The number of rotatable bonds is 5. The summed E-state index contributed by atoms with van der Waals surface area (Å²) in [5.74, 6) is -0.781. The number of aromatic nitrogens is 3. The van der Waals surface area contributed by atoms with Crippen molar-refractivity contribution in [3.05, 3.63) is 70.5 Å². The second kappa shape index (κ2) is 6.84. The maximum absolute atomic E-state index is 12.5. The standard InChI is InChI=1S/C21H20N4O3/c1-3-21(2,17-11-14-6-4-5-7-15(14)23-17)25-18(26)9-8-13-10-16-19(22-12-13)24-20(27)28-16/h4-12,23H,3H2,1-2H3,(H,25,26)(H,22,24,27)/b9-8+. The Balaban J connectivity index is 1.54. The highest BCUT2D eigenvalue weighted by Gasteiger charge is 2.27. The molecule has 7 heteroatoms. The van der Waals surface area contributed by atoms with Crippen LogP contribution in [0.4, 0.5) is 0 Å². The van der Waals surface area contributed by atoms with Crippen molar-refractivity contribution < 1.29 is 9.21 Å². The van der Waals surface area contributed by atoms with E-state index in [9.17, 15) is 9.59 Å². The molecule has 0 spiro atoms. The molecule has 1 aromatic carbocycles. The molecule has 0 saturated carbocycles. The third-order valence-corrected chi connectivity index (χ3v) is 4.95. The summed E-state index contributed by atoms with van der Waals surface area (Å²) in [6, 6.07) is 11.7. The van der Waals surface area contributed by atoms with Gasteiger partial charge in [-0.3, -0.25) is 9.78 Å². The van der Waals surface area contributed by atoms with Crippen LogP contribution >= 0.6 is 0 Å². The number of benzene rings is 1. The molecule has 1 atom stereocenters. The number of fused-ring (bicyclic) bond motifs is 2. The Morgan fingerprint density at radius 3 is 2.89 bits per heavy atom. The first-order valence-corrected chi connectivity index (χ1v) is 9.04. The maximum Gasteiger partial charge on any atom is 0.418 e. The third kappa shape index (κ3) is 3.34. The summed E-state index contributed by atoms with van der Waals surface area (Å²) in [4.78, 5) is 33.7. The van der Waals surface area contributed by atoms with Crippen molar-refractivity contribution in [1.29, 1.82) is 0 Å². The molecule has 0 radical (unpaired) electrons. The molecule has 4 aromatic rings. The number of carbonyl (C=O) groups is 1. The van der Waals surface area contributed by atoms with Crippen molar-refractivity contribution in [2.75, 3.05) is 0 Å². The summed E-state index contributed by atoms with van der Waals surface area (Å²) in [5, 5.41) is 4.18. The van der Waals surface area contributed by atoms with Gasteiger partial charge in [0.15, 0.2) is 11.2 Å². The van der Waals surface area contributed by atoms with Crippen LogP contribution < -0.4 is 11.1 Å². The molecule has 3 N–H and O–H groups in total. The van der Waals surface area contributed by atoms with E-state index in [1.165, 1.54) is 6.08 Å². The highest BCUT2D eigenvalue weighted by Crippen LogP contribution is 2.27. The van der Waals surface area contributed by atoms with Crippen LogP contribution in [0.15, 0.2) is 57.9 Å². The topological polar surface area (TPSA) is 104 Å². The number of nitrogens with one attached hydrogen (secondary N) is 3. The Labute approximate surface area is 160 Å². The first-order valence-electron chi connectivity index (χ1n) is 9.04. The number of pyridine rings is 1. The van der Waals surface area contributed by atoms with E-state index in [1.54, 1.807) is 18.3 Å². The summed E-state index contributed by atoms with van der Waals surface area (Å²) < 4.78 is 4.99. The average molecular weight is 376 g/mol. The number of oxazole rings is 1. The van der Waals surface area contributed by atoms with Crippen molar-refractivity contribution in [3.63, 3.8) is 0 Å². The zero-order chi connectivity index (χ0) is 19.7. The molecule has 0 fully saturated rings. The molecule has 0 saturated heterocycles. The molecule has 28 heavy (non-hydrogen) atoms. The van der Waals surface area contributed by atoms with Crippen molar-refractivity contribution in [1.82, 2.24) is 20.3 Å². The number of hydrogen-bond donors (Lipinski definition) is 3. The quantitative estimate of drug-likeness (QED) is 0.464. The van der Waals surface area contributed by atoms with Crippen LogP contribution in [0.25, 0.3) is 28.2 Å². The van der Waals surface area contributed by atoms with E-state index < -0.39 is 11.3 Å². The SMILES string of the molecule is CCC(C)(NC(=O)/C=C/c1cnc2[nH]c(=O)oc2c1)c1cc2ccccc2[nH]1. The fraction of sp³-hybridized carbons (Fsp3) is 0.190. The Hall–Kier alpha value is -3.61. The number of amides is 1. The number of carbonyl (C=O) groups excluding carboxylic acids is 1. The molecular formula is C21H20N4O3. The van der Waals surface area contributed by atoms with Crippen LogP contribution in [0.2, 0.25) is 0 Å². The first-order chi connectivity index (χ1) is 13.5. The second-order valence-electron chi connectivity index (χ2n) is 6.91. The molecule has 1 unspecified atom stereocenters. The molecule has 1 amide bonds. The summed E-state index contributed by atoms with van der Waals surface area (Å²) in [7, 11) is 0. The Morgan fingerprint density at radius 1 is 1.29 bits per heavy atom. The zero-order valence-electron chi connectivity index (χ0n) is 15.6. The maximum atomic E-state index is 12.5. The van der Waals surface area contributed by atoms with E-state index >= 15 is 0 Å². The monoisotopic (exact) mass is 376 g/mol. The number of H-pyrrole nitrogens is 2. The van der Waals surface area contributed by atoms with Crippen LogP contribution in [0.3, 0.4) is 0 Å². The van der Waals surface area contributed by atoms with Gasteiger partial charge >= 0.3 is 5.76 Å². The Bertz CT molecular complexity index is 1210.